The number of nitrogens with one attached hydrogen (secondary N) is 2. The van der Waals surface area contributed by atoms with Crippen molar-refractivity contribution in [3.63, 3.8) is 0 Å². The third kappa shape index (κ3) is 7.28. The van der Waals surface area contributed by atoms with Crippen molar-refractivity contribution >= 4 is 17.5 Å². The van der Waals surface area contributed by atoms with Gasteiger partial charge in [0.2, 0.25) is 0 Å². The van der Waals surface area contributed by atoms with Gasteiger partial charge in [0.25, 0.3) is 11.8 Å². The minimum Gasteiger partial charge on any atom is -0.497 e. The Labute approximate surface area is 193 Å². The zero-order valence-corrected chi connectivity index (χ0v) is 19.0. The van der Waals surface area contributed by atoms with E-state index < -0.39 is 0 Å². The van der Waals surface area contributed by atoms with Gasteiger partial charge in [-0.1, -0.05) is 23.8 Å². The van der Waals surface area contributed by atoms with Gasteiger partial charge >= 0.3 is 0 Å². The van der Waals surface area contributed by atoms with Crippen LogP contribution in [0.15, 0.2) is 66.7 Å². The molecular formula is C26H28N2O5. The van der Waals surface area contributed by atoms with Crippen LogP contribution < -0.4 is 24.8 Å². The van der Waals surface area contributed by atoms with E-state index in [1.807, 2.05) is 26.0 Å². The topological polar surface area (TPSA) is 85.9 Å². The van der Waals surface area contributed by atoms with Crippen molar-refractivity contribution in [1.82, 2.24) is 5.32 Å². The summed E-state index contributed by atoms with van der Waals surface area (Å²) in [5.74, 6) is 1.45. The highest BCUT2D eigenvalue weighted by molar-refractivity contribution is 5.94. The van der Waals surface area contributed by atoms with Crippen LogP contribution in [0, 0.1) is 13.8 Å². The van der Waals surface area contributed by atoms with Crippen LogP contribution in [0.1, 0.15) is 21.5 Å². The van der Waals surface area contributed by atoms with E-state index in [-0.39, 0.29) is 18.4 Å². The molecule has 172 valence electrons. The Morgan fingerprint density at radius 2 is 1.67 bits per heavy atom. The zero-order chi connectivity index (χ0) is 23.6. The van der Waals surface area contributed by atoms with Crippen molar-refractivity contribution in [2.45, 2.75) is 13.8 Å². The molecule has 3 rings (SSSR count). The number of anilines is 1. The number of amides is 2. The van der Waals surface area contributed by atoms with Gasteiger partial charge in [-0.3, -0.25) is 9.59 Å². The van der Waals surface area contributed by atoms with Crippen molar-refractivity contribution in [1.29, 1.82) is 0 Å². The average molecular weight is 449 g/mol. The van der Waals surface area contributed by atoms with E-state index in [0.29, 0.717) is 35.9 Å². The van der Waals surface area contributed by atoms with Gasteiger partial charge in [-0.05, 0) is 61.9 Å². The Balaban J connectivity index is 1.40. The van der Waals surface area contributed by atoms with E-state index in [1.54, 1.807) is 55.6 Å². The first-order valence-electron chi connectivity index (χ1n) is 10.6. The molecule has 0 heterocycles. The molecule has 7 nitrogen and oxygen atoms in total. The molecule has 0 saturated heterocycles. The molecule has 0 bridgehead atoms. The smallest absolute Gasteiger partial charge is 0.262 e. The number of carbonyl (C=O) groups excluding carboxylic acids is 2. The van der Waals surface area contributed by atoms with Gasteiger partial charge in [-0.25, -0.2) is 0 Å². The number of aryl methyl sites for hydroxylation is 2. The fraction of sp³-hybridized carbons (Fsp3) is 0.231. The van der Waals surface area contributed by atoms with Gasteiger partial charge in [-0.2, -0.15) is 0 Å². The molecule has 0 aliphatic heterocycles. The van der Waals surface area contributed by atoms with E-state index in [9.17, 15) is 9.59 Å². The van der Waals surface area contributed by atoms with E-state index >= 15 is 0 Å². The Bertz CT molecular complexity index is 1100. The van der Waals surface area contributed by atoms with Gasteiger partial charge in [0.1, 0.15) is 23.9 Å². The second kappa shape index (κ2) is 11.6. The third-order valence-electron chi connectivity index (χ3n) is 4.82. The van der Waals surface area contributed by atoms with Crippen LogP contribution in [0.2, 0.25) is 0 Å². The molecule has 0 atom stereocenters. The number of hydrogen-bond acceptors (Lipinski definition) is 5. The maximum absolute atomic E-state index is 12.3. The Hall–Kier alpha value is -4.00. The van der Waals surface area contributed by atoms with Crippen LogP contribution in [0.4, 0.5) is 5.69 Å². The molecule has 7 heteroatoms. The predicted molar refractivity (Wildman–Crippen MR) is 127 cm³/mol. The van der Waals surface area contributed by atoms with E-state index in [4.69, 9.17) is 14.2 Å². The maximum Gasteiger partial charge on any atom is 0.262 e. The Kier molecular flexibility index (Phi) is 8.30. The standard InChI is InChI=1S/C26H28N2O5/c1-18-7-12-24(19(2)15-18)32-14-13-27-26(30)20-8-10-22(11-9-20)33-17-25(29)28-21-5-4-6-23(16-21)31-3/h4-12,15-16H,13-14,17H2,1-3H3,(H,27,30)(H,28,29). The van der Waals surface area contributed by atoms with Gasteiger partial charge in [0, 0.05) is 17.3 Å². The van der Waals surface area contributed by atoms with Crippen LogP contribution in [-0.4, -0.2) is 38.7 Å². The van der Waals surface area contributed by atoms with Gasteiger partial charge in [0.05, 0.1) is 13.7 Å². The lowest BCUT2D eigenvalue weighted by atomic mass is 10.1. The largest absolute Gasteiger partial charge is 0.497 e. The molecule has 0 spiro atoms. The Morgan fingerprint density at radius 1 is 0.879 bits per heavy atom. The summed E-state index contributed by atoms with van der Waals surface area (Å²) in [6, 6.07) is 19.6. The van der Waals surface area contributed by atoms with Crippen molar-refractivity contribution in [2.75, 3.05) is 32.2 Å². The summed E-state index contributed by atoms with van der Waals surface area (Å²) in [4.78, 5) is 24.4. The minimum absolute atomic E-state index is 0.154. The maximum atomic E-state index is 12.3. The molecule has 0 aliphatic rings. The highest BCUT2D eigenvalue weighted by atomic mass is 16.5. The van der Waals surface area contributed by atoms with Crippen LogP contribution in [0.5, 0.6) is 17.2 Å². The number of benzene rings is 3. The summed E-state index contributed by atoms with van der Waals surface area (Å²) in [5.41, 5.74) is 3.36. The lowest BCUT2D eigenvalue weighted by Gasteiger charge is -2.11. The van der Waals surface area contributed by atoms with Gasteiger partial charge < -0.3 is 24.8 Å². The highest BCUT2D eigenvalue weighted by Gasteiger charge is 2.08. The first-order chi connectivity index (χ1) is 15.9. The van der Waals surface area contributed by atoms with Gasteiger partial charge in [-0.15, -0.1) is 0 Å². The molecule has 2 N–H and O–H groups in total. The number of methoxy groups -OCH3 is 1. The zero-order valence-electron chi connectivity index (χ0n) is 19.0. The molecule has 0 radical (unpaired) electrons. The first kappa shape index (κ1) is 23.7. The predicted octanol–water partition coefficient (Wildman–Crippen LogP) is 4.14. The van der Waals surface area contributed by atoms with Crippen LogP contribution in [0.25, 0.3) is 0 Å². The van der Waals surface area contributed by atoms with E-state index in [0.717, 1.165) is 11.3 Å². The molecule has 33 heavy (non-hydrogen) atoms. The summed E-state index contributed by atoms with van der Waals surface area (Å²) in [5, 5.41) is 5.57. The highest BCUT2D eigenvalue weighted by Crippen LogP contribution is 2.19. The van der Waals surface area contributed by atoms with E-state index in [2.05, 4.69) is 16.7 Å². The first-order valence-corrected chi connectivity index (χ1v) is 10.6. The number of rotatable bonds is 10. The molecule has 2 amide bonds. The van der Waals surface area contributed by atoms with Crippen LogP contribution in [0.3, 0.4) is 0 Å². The number of hydrogen-bond donors (Lipinski definition) is 2. The molecular weight excluding hydrogens is 420 g/mol. The second-order valence-electron chi connectivity index (χ2n) is 7.47. The normalized spacial score (nSPS) is 10.3. The SMILES string of the molecule is COc1cccc(NC(=O)COc2ccc(C(=O)NCCOc3ccc(C)cc3C)cc2)c1. The molecule has 3 aromatic rings. The summed E-state index contributed by atoms with van der Waals surface area (Å²) in [7, 11) is 1.56. The summed E-state index contributed by atoms with van der Waals surface area (Å²) >= 11 is 0. The molecule has 0 unspecified atom stereocenters. The van der Waals surface area contributed by atoms with Gasteiger partial charge in [0.15, 0.2) is 6.61 Å². The van der Waals surface area contributed by atoms with Crippen LogP contribution in [-0.2, 0) is 4.79 Å². The molecule has 0 fully saturated rings. The molecule has 3 aromatic carbocycles. The van der Waals surface area contributed by atoms with Crippen molar-refractivity contribution in [2.24, 2.45) is 0 Å². The van der Waals surface area contributed by atoms with E-state index in [1.165, 1.54) is 5.56 Å². The second-order valence-corrected chi connectivity index (χ2v) is 7.47. The third-order valence-corrected chi connectivity index (χ3v) is 4.82. The fourth-order valence-corrected chi connectivity index (χ4v) is 3.14. The lowest BCUT2D eigenvalue weighted by Crippen LogP contribution is -2.28. The van der Waals surface area contributed by atoms with Crippen molar-refractivity contribution in [3.05, 3.63) is 83.4 Å². The van der Waals surface area contributed by atoms with Crippen molar-refractivity contribution in [3.8, 4) is 17.2 Å². The molecule has 0 aromatic heterocycles. The summed E-state index contributed by atoms with van der Waals surface area (Å²) in [6.45, 7) is 4.63. The molecule has 0 aliphatic carbocycles. The lowest BCUT2D eigenvalue weighted by molar-refractivity contribution is -0.118. The number of ether oxygens (including phenoxy) is 3. The summed E-state index contributed by atoms with van der Waals surface area (Å²) in [6.07, 6.45) is 0. The monoisotopic (exact) mass is 448 g/mol. The minimum atomic E-state index is -0.297. The van der Waals surface area contributed by atoms with Crippen molar-refractivity contribution < 1.29 is 23.8 Å². The average Bonchev–Trinajstić information content (AvgIpc) is 2.82. The fourth-order valence-electron chi connectivity index (χ4n) is 3.14. The summed E-state index contributed by atoms with van der Waals surface area (Å²) < 4.78 is 16.4. The van der Waals surface area contributed by atoms with Crippen LogP contribution >= 0.6 is 0 Å². The Morgan fingerprint density at radius 3 is 2.39 bits per heavy atom. The molecule has 0 saturated carbocycles. The quantitative estimate of drug-likeness (QED) is 0.456. The number of carbonyl (C=O) groups is 2.